The third kappa shape index (κ3) is 3.14. The molecule has 0 aliphatic heterocycles. The minimum atomic E-state index is 0.0247. The number of nitriles is 1. The summed E-state index contributed by atoms with van der Waals surface area (Å²) in [6.07, 6.45) is 4.56. The molecule has 0 spiro atoms. The van der Waals surface area contributed by atoms with E-state index in [4.69, 9.17) is 5.26 Å². The highest BCUT2D eigenvalue weighted by Gasteiger charge is 2.25. The number of amides is 1. The highest BCUT2D eigenvalue weighted by molar-refractivity contribution is 5.94. The summed E-state index contributed by atoms with van der Waals surface area (Å²) in [5.41, 5.74) is 1.15. The number of nitrogens with zero attached hydrogens (tertiary/aromatic N) is 2. The van der Waals surface area contributed by atoms with Crippen molar-refractivity contribution in [2.24, 2.45) is 5.92 Å². The number of rotatable bonds is 2. The number of carbonyl (C=O) groups excluding carboxylic acids is 1. The van der Waals surface area contributed by atoms with Crippen LogP contribution in [0.15, 0.2) is 24.3 Å². The quantitative estimate of drug-likeness (QED) is 0.815. The van der Waals surface area contributed by atoms with Crippen LogP contribution in [0.2, 0.25) is 0 Å². The van der Waals surface area contributed by atoms with Gasteiger partial charge in [0.2, 0.25) is 0 Å². The largest absolute Gasteiger partial charge is 0.339 e. The summed E-state index contributed by atoms with van der Waals surface area (Å²) in [6.45, 7) is 2.27. The number of hydrogen-bond acceptors (Lipinski definition) is 2. The first-order valence-electron chi connectivity index (χ1n) is 6.89. The van der Waals surface area contributed by atoms with Gasteiger partial charge in [-0.25, -0.2) is 0 Å². The van der Waals surface area contributed by atoms with Gasteiger partial charge >= 0.3 is 0 Å². The van der Waals surface area contributed by atoms with Crippen molar-refractivity contribution in [3.05, 3.63) is 35.4 Å². The van der Waals surface area contributed by atoms with Crippen LogP contribution in [0.1, 0.15) is 48.5 Å². The fourth-order valence-electron chi connectivity index (χ4n) is 2.72. The fourth-order valence-corrected chi connectivity index (χ4v) is 2.72. The van der Waals surface area contributed by atoms with E-state index in [0.29, 0.717) is 17.2 Å². The monoisotopic (exact) mass is 256 g/mol. The Labute approximate surface area is 114 Å². The molecule has 0 bridgehead atoms. The molecule has 1 aliphatic rings. The molecule has 1 aliphatic carbocycles. The van der Waals surface area contributed by atoms with Gasteiger partial charge in [0.1, 0.15) is 0 Å². The lowest BCUT2D eigenvalue weighted by Crippen LogP contribution is -2.39. The molecule has 0 heterocycles. The van der Waals surface area contributed by atoms with Crippen molar-refractivity contribution in [3.63, 3.8) is 0 Å². The zero-order valence-electron chi connectivity index (χ0n) is 11.6. The molecule has 1 fully saturated rings. The highest BCUT2D eigenvalue weighted by Crippen LogP contribution is 2.27. The maximum absolute atomic E-state index is 12.4. The van der Waals surface area contributed by atoms with Gasteiger partial charge < -0.3 is 4.90 Å². The molecule has 0 aromatic heterocycles. The topological polar surface area (TPSA) is 44.1 Å². The summed E-state index contributed by atoms with van der Waals surface area (Å²) in [5, 5.41) is 8.89. The Kier molecular flexibility index (Phi) is 4.21. The van der Waals surface area contributed by atoms with E-state index in [-0.39, 0.29) is 5.91 Å². The third-order valence-corrected chi connectivity index (χ3v) is 4.09. The van der Waals surface area contributed by atoms with Crippen LogP contribution in [0.3, 0.4) is 0 Å². The van der Waals surface area contributed by atoms with E-state index in [0.717, 1.165) is 18.8 Å². The minimum absolute atomic E-state index is 0.0247. The van der Waals surface area contributed by atoms with Gasteiger partial charge in [0.25, 0.3) is 5.91 Å². The Morgan fingerprint density at radius 2 is 2.00 bits per heavy atom. The van der Waals surface area contributed by atoms with Gasteiger partial charge in [-0.05, 0) is 49.8 Å². The lowest BCUT2D eigenvalue weighted by atomic mass is 9.86. The molecule has 1 saturated carbocycles. The van der Waals surface area contributed by atoms with Crippen LogP contribution in [0, 0.1) is 17.2 Å². The first-order valence-corrected chi connectivity index (χ1v) is 6.89. The lowest BCUT2D eigenvalue weighted by molar-refractivity contribution is 0.0679. The summed E-state index contributed by atoms with van der Waals surface area (Å²) in [6, 6.07) is 9.36. The van der Waals surface area contributed by atoms with E-state index in [1.165, 1.54) is 12.8 Å². The molecule has 0 radical (unpaired) electrons. The van der Waals surface area contributed by atoms with E-state index in [9.17, 15) is 4.79 Å². The normalized spacial score (nSPS) is 22.6. The van der Waals surface area contributed by atoms with Gasteiger partial charge in [-0.2, -0.15) is 5.26 Å². The van der Waals surface area contributed by atoms with Crippen molar-refractivity contribution >= 4 is 5.91 Å². The van der Waals surface area contributed by atoms with Crippen LogP contribution < -0.4 is 0 Å². The van der Waals surface area contributed by atoms with E-state index < -0.39 is 0 Å². The summed E-state index contributed by atoms with van der Waals surface area (Å²) >= 11 is 0. The minimum Gasteiger partial charge on any atom is -0.339 e. The zero-order chi connectivity index (χ0) is 13.8. The second kappa shape index (κ2) is 5.88. The van der Waals surface area contributed by atoms with Crippen molar-refractivity contribution < 1.29 is 4.79 Å². The second-order valence-corrected chi connectivity index (χ2v) is 5.52. The number of benzene rings is 1. The molecule has 2 rings (SSSR count). The summed E-state index contributed by atoms with van der Waals surface area (Å²) in [5.74, 6) is 0.804. The van der Waals surface area contributed by atoms with Gasteiger partial charge in [0.15, 0.2) is 0 Å². The molecular weight excluding hydrogens is 236 g/mol. The maximum Gasteiger partial charge on any atom is 0.253 e. The molecule has 1 aromatic rings. The second-order valence-electron chi connectivity index (χ2n) is 5.52. The van der Waals surface area contributed by atoms with Crippen LogP contribution in [0.4, 0.5) is 0 Å². The van der Waals surface area contributed by atoms with Crippen LogP contribution in [0.5, 0.6) is 0 Å². The van der Waals surface area contributed by atoms with Crippen molar-refractivity contribution in [2.45, 2.75) is 38.6 Å². The zero-order valence-corrected chi connectivity index (χ0v) is 11.6. The molecule has 0 unspecified atom stereocenters. The third-order valence-electron chi connectivity index (χ3n) is 4.09. The Balaban J connectivity index is 2.08. The van der Waals surface area contributed by atoms with Crippen LogP contribution in [0.25, 0.3) is 0 Å². The Morgan fingerprint density at radius 3 is 2.63 bits per heavy atom. The lowest BCUT2D eigenvalue weighted by Gasteiger charge is -2.33. The van der Waals surface area contributed by atoms with Crippen molar-refractivity contribution in [3.8, 4) is 6.07 Å². The predicted octanol–water partition coefficient (Wildman–Crippen LogP) is 3.21. The molecule has 0 N–H and O–H groups in total. The van der Waals surface area contributed by atoms with Gasteiger partial charge in [0.05, 0.1) is 11.6 Å². The fraction of sp³-hybridized carbons (Fsp3) is 0.500. The molecule has 3 nitrogen and oxygen atoms in total. The Hall–Kier alpha value is -1.82. The Morgan fingerprint density at radius 1 is 1.32 bits per heavy atom. The summed E-state index contributed by atoms with van der Waals surface area (Å²) in [7, 11) is 1.88. The number of carbonyl (C=O) groups is 1. The molecule has 3 heteroatoms. The molecule has 100 valence electrons. The average molecular weight is 256 g/mol. The Bertz CT molecular complexity index is 496. The summed E-state index contributed by atoms with van der Waals surface area (Å²) < 4.78 is 0. The predicted molar refractivity (Wildman–Crippen MR) is 74.7 cm³/mol. The maximum atomic E-state index is 12.4. The molecular formula is C16H20N2O. The molecule has 0 atom stereocenters. The van der Waals surface area contributed by atoms with Gasteiger partial charge in [-0.15, -0.1) is 0 Å². The first-order chi connectivity index (χ1) is 9.11. The SMILES string of the molecule is CC1CCC(N(C)C(=O)c2cccc(C#N)c2)CC1. The average Bonchev–Trinajstić information content (AvgIpc) is 2.46. The highest BCUT2D eigenvalue weighted by atomic mass is 16.2. The van der Waals surface area contributed by atoms with Crippen LogP contribution in [-0.2, 0) is 0 Å². The summed E-state index contributed by atoms with van der Waals surface area (Å²) in [4.78, 5) is 14.3. The number of hydrogen-bond donors (Lipinski definition) is 0. The molecule has 19 heavy (non-hydrogen) atoms. The van der Waals surface area contributed by atoms with E-state index >= 15 is 0 Å². The molecule has 1 aromatic carbocycles. The van der Waals surface area contributed by atoms with Crippen molar-refractivity contribution in [1.29, 1.82) is 5.26 Å². The van der Waals surface area contributed by atoms with E-state index in [1.54, 1.807) is 24.3 Å². The van der Waals surface area contributed by atoms with Gasteiger partial charge in [0, 0.05) is 18.7 Å². The van der Waals surface area contributed by atoms with Crippen molar-refractivity contribution in [1.82, 2.24) is 4.90 Å². The van der Waals surface area contributed by atoms with E-state index in [2.05, 4.69) is 13.0 Å². The van der Waals surface area contributed by atoms with Gasteiger partial charge in [-0.1, -0.05) is 13.0 Å². The molecule has 0 saturated heterocycles. The van der Waals surface area contributed by atoms with Crippen LogP contribution in [-0.4, -0.2) is 23.9 Å². The van der Waals surface area contributed by atoms with Crippen LogP contribution >= 0.6 is 0 Å². The first kappa shape index (κ1) is 13.6. The molecule has 1 amide bonds. The van der Waals surface area contributed by atoms with Gasteiger partial charge in [-0.3, -0.25) is 4.79 Å². The standard InChI is InChI=1S/C16H20N2O/c1-12-6-8-15(9-7-12)18(2)16(19)14-5-3-4-13(10-14)11-17/h3-5,10,12,15H,6-9H2,1-2H3. The van der Waals surface area contributed by atoms with E-state index in [1.807, 2.05) is 11.9 Å². The smallest absolute Gasteiger partial charge is 0.253 e. The van der Waals surface area contributed by atoms with Crippen molar-refractivity contribution in [2.75, 3.05) is 7.05 Å².